The number of ether oxygens (including phenoxy) is 1. The number of hydrogen-bond donors (Lipinski definition) is 1. The lowest BCUT2D eigenvalue weighted by Gasteiger charge is -2.28. The third-order valence-electron chi connectivity index (χ3n) is 4.59. The van der Waals surface area contributed by atoms with Crippen LogP contribution in [0.15, 0.2) is 23.0 Å². The third-order valence-corrected chi connectivity index (χ3v) is 4.59. The highest BCUT2D eigenvalue weighted by atomic mass is 16.6. The Morgan fingerprint density at radius 3 is 2.85 bits per heavy atom. The van der Waals surface area contributed by atoms with Gasteiger partial charge in [0.25, 0.3) is 5.56 Å². The summed E-state index contributed by atoms with van der Waals surface area (Å²) in [4.78, 5) is 32.9. The summed E-state index contributed by atoms with van der Waals surface area (Å²) in [5, 5.41) is 11.4. The molecule has 0 bridgehead atoms. The number of rotatable bonds is 5. The number of para-hydroxylation sites is 1. The van der Waals surface area contributed by atoms with Gasteiger partial charge in [-0.3, -0.25) is 19.8 Å². The van der Waals surface area contributed by atoms with Gasteiger partial charge in [-0.25, -0.2) is 4.98 Å². The fraction of sp³-hybridized carbons (Fsp3) is 0.444. The maximum Gasteiger partial charge on any atom is 0.315 e. The van der Waals surface area contributed by atoms with Crippen molar-refractivity contribution in [2.45, 2.75) is 39.3 Å². The van der Waals surface area contributed by atoms with Crippen LogP contribution in [0.3, 0.4) is 0 Å². The summed E-state index contributed by atoms with van der Waals surface area (Å²) in [6, 6.07) is 5.04. The number of benzene rings is 1. The second-order valence-electron chi connectivity index (χ2n) is 6.72. The number of nitrogens with one attached hydrogen (secondary N) is 1. The number of H-pyrrole nitrogens is 1. The Bertz CT molecular complexity index is 891. The summed E-state index contributed by atoms with van der Waals surface area (Å²) in [5.74, 6) is 1.10. The molecule has 1 aromatic carbocycles. The van der Waals surface area contributed by atoms with Gasteiger partial charge >= 0.3 is 5.69 Å². The van der Waals surface area contributed by atoms with E-state index in [1.54, 1.807) is 18.2 Å². The molecule has 1 aromatic heterocycles. The number of hydrogen-bond acceptors (Lipinski definition) is 6. The van der Waals surface area contributed by atoms with Crippen LogP contribution in [0.5, 0.6) is 5.75 Å². The van der Waals surface area contributed by atoms with Crippen molar-refractivity contribution in [3.05, 3.63) is 61.3 Å². The molecule has 2 aromatic rings. The van der Waals surface area contributed by atoms with E-state index in [2.05, 4.69) is 9.97 Å². The Morgan fingerprint density at radius 2 is 2.19 bits per heavy atom. The monoisotopic (exact) mass is 358 g/mol. The lowest BCUT2D eigenvalue weighted by atomic mass is 10.0. The average Bonchev–Trinajstić information content (AvgIpc) is 2.61. The smallest absolute Gasteiger partial charge is 0.315 e. The van der Waals surface area contributed by atoms with E-state index < -0.39 is 4.92 Å². The molecule has 1 N–H and O–H groups in total. The quantitative estimate of drug-likeness (QED) is 0.650. The average molecular weight is 358 g/mol. The van der Waals surface area contributed by atoms with E-state index in [1.807, 2.05) is 18.7 Å². The lowest BCUT2D eigenvalue weighted by Crippen LogP contribution is -2.36. The van der Waals surface area contributed by atoms with E-state index in [0.717, 1.165) is 5.69 Å². The van der Waals surface area contributed by atoms with Crippen LogP contribution in [-0.2, 0) is 19.5 Å². The van der Waals surface area contributed by atoms with Crippen LogP contribution in [0.2, 0.25) is 0 Å². The zero-order valence-electron chi connectivity index (χ0n) is 15.1. The Hall–Kier alpha value is -2.74. The van der Waals surface area contributed by atoms with Crippen molar-refractivity contribution in [1.82, 2.24) is 14.9 Å². The molecule has 138 valence electrons. The number of fused-ring (bicyclic) bond motifs is 1. The SMILES string of the molecule is COc1cccc(CN2CCc3nc(C(C)C)[nH]c(=O)c3C2)c1[N+](=O)[O-]. The van der Waals surface area contributed by atoms with Crippen molar-refractivity contribution < 1.29 is 9.66 Å². The molecule has 3 rings (SSSR count). The number of nitro benzene ring substituents is 1. The van der Waals surface area contributed by atoms with E-state index in [4.69, 9.17) is 4.74 Å². The molecule has 0 radical (unpaired) electrons. The molecule has 0 spiro atoms. The molecule has 0 saturated heterocycles. The first-order valence-corrected chi connectivity index (χ1v) is 8.55. The highest BCUT2D eigenvalue weighted by Crippen LogP contribution is 2.32. The summed E-state index contributed by atoms with van der Waals surface area (Å²) >= 11 is 0. The zero-order valence-corrected chi connectivity index (χ0v) is 15.1. The number of aromatic nitrogens is 2. The Labute approximate surface area is 151 Å². The third kappa shape index (κ3) is 3.45. The summed E-state index contributed by atoms with van der Waals surface area (Å²) in [6.45, 7) is 5.46. The van der Waals surface area contributed by atoms with Gasteiger partial charge in [-0.15, -0.1) is 0 Å². The normalized spacial score (nSPS) is 14.3. The van der Waals surface area contributed by atoms with Gasteiger partial charge in [0.2, 0.25) is 0 Å². The molecule has 26 heavy (non-hydrogen) atoms. The Balaban J connectivity index is 1.87. The molecule has 0 fully saturated rings. The van der Waals surface area contributed by atoms with E-state index in [9.17, 15) is 14.9 Å². The van der Waals surface area contributed by atoms with Crippen molar-refractivity contribution in [1.29, 1.82) is 0 Å². The Kier molecular flexibility index (Phi) is 5.03. The van der Waals surface area contributed by atoms with Gasteiger partial charge in [0.05, 0.1) is 23.3 Å². The lowest BCUT2D eigenvalue weighted by molar-refractivity contribution is -0.386. The fourth-order valence-corrected chi connectivity index (χ4v) is 3.22. The fourth-order valence-electron chi connectivity index (χ4n) is 3.22. The molecular weight excluding hydrogens is 336 g/mol. The van der Waals surface area contributed by atoms with Crippen molar-refractivity contribution in [3.8, 4) is 5.75 Å². The molecule has 0 amide bonds. The number of nitro groups is 1. The van der Waals surface area contributed by atoms with Crippen molar-refractivity contribution in [2.24, 2.45) is 0 Å². The van der Waals surface area contributed by atoms with Crippen LogP contribution in [0.1, 0.15) is 42.4 Å². The zero-order chi connectivity index (χ0) is 18.8. The second kappa shape index (κ2) is 7.25. The molecule has 8 heteroatoms. The van der Waals surface area contributed by atoms with Crippen LogP contribution < -0.4 is 10.3 Å². The molecule has 1 aliphatic heterocycles. The van der Waals surface area contributed by atoms with Gasteiger partial charge in [0, 0.05) is 37.5 Å². The van der Waals surface area contributed by atoms with Crippen molar-refractivity contribution in [3.63, 3.8) is 0 Å². The predicted molar refractivity (Wildman–Crippen MR) is 96.4 cm³/mol. The summed E-state index contributed by atoms with van der Waals surface area (Å²) < 4.78 is 5.12. The minimum absolute atomic E-state index is 0.0250. The number of nitrogens with zero attached hydrogens (tertiary/aromatic N) is 3. The summed E-state index contributed by atoms with van der Waals surface area (Å²) in [7, 11) is 1.42. The molecular formula is C18H22N4O4. The Morgan fingerprint density at radius 1 is 1.42 bits per heavy atom. The highest BCUT2D eigenvalue weighted by Gasteiger charge is 2.26. The van der Waals surface area contributed by atoms with Gasteiger partial charge in [0.1, 0.15) is 5.82 Å². The number of aromatic amines is 1. The van der Waals surface area contributed by atoms with Gasteiger partial charge in [-0.1, -0.05) is 26.0 Å². The van der Waals surface area contributed by atoms with Crippen molar-refractivity contribution in [2.75, 3.05) is 13.7 Å². The van der Waals surface area contributed by atoms with Gasteiger partial charge < -0.3 is 9.72 Å². The van der Waals surface area contributed by atoms with E-state index >= 15 is 0 Å². The molecule has 8 nitrogen and oxygen atoms in total. The van der Waals surface area contributed by atoms with Gasteiger partial charge in [0.15, 0.2) is 5.75 Å². The predicted octanol–water partition coefficient (Wildman–Crippen LogP) is 2.37. The van der Waals surface area contributed by atoms with Crippen LogP contribution in [-0.4, -0.2) is 33.4 Å². The molecule has 2 heterocycles. The standard InChI is InChI=1S/C18H22N4O4/c1-11(2)17-19-14-7-8-21(10-13(14)18(23)20-17)9-12-5-4-6-15(26-3)16(12)22(24)25/h4-6,11H,7-10H2,1-3H3,(H,19,20,23). The topological polar surface area (TPSA) is 101 Å². The van der Waals surface area contributed by atoms with Crippen LogP contribution >= 0.6 is 0 Å². The summed E-state index contributed by atoms with van der Waals surface area (Å²) in [6.07, 6.45) is 0.650. The van der Waals surface area contributed by atoms with Crippen LogP contribution in [0.25, 0.3) is 0 Å². The molecule has 1 aliphatic rings. The molecule has 0 saturated carbocycles. The van der Waals surface area contributed by atoms with Crippen molar-refractivity contribution >= 4 is 5.69 Å². The van der Waals surface area contributed by atoms with Crippen LogP contribution in [0, 0.1) is 10.1 Å². The van der Waals surface area contributed by atoms with Gasteiger partial charge in [-0.05, 0) is 6.07 Å². The largest absolute Gasteiger partial charge is 0.490 e. The minimum Gasteiger partial charge on any atom is -0.490 e. The molecule has 0 atom stereocenters. The molecule has 0 aliphatic carbocycles. The number of methoxy groups -OCH3 is 1. The maximum atomic E-state index is 12.4. The van der Waals surface area contributed by atoms with Gasteiger partial charge in [-0.2, -0.15) is 0 Å². The maximum absolute atomic E-state index is 12.4. The first-order chi connectivity index (χ1) is 12.4. The van der Waals surface area contributed by atoms with E-state index in [1.165, 1.54) is 7.11 Å². The first-order valence-electron chi connectivity index (χ1n) is 8.55. The minimum atomic E-state index is -0.421. The van der Waals surface area contributed by atoms with Crippen LogP contribution in [0.4, 0.5) is 5.69 Å². The highest BCUT2D eigenvalue weighted by molar-refractivity contribution is 5.52. The molecule has 0 unspecified atom stereocenters. The van der Waals surface area contributed by atoms with E-state index in [-0.39, 0.29) is 22.9 Å². The second-order valence-corrected chi connectivity index (χ2v) is 6.72. The first kappa shape index (κ1) is 18.1. The summed E-state index contributed by atoms with van der Waals surface area (Å²) in [5.41, 5.74) is 1.90. The van der Waals surface area contributed by atoms with E-state index in [0.29, 0.717) is 43.0 Å².